The second kappa shape index (κ2) is 10.2. The highest BCUT2D eigenvalue weighted by atomic mass is 32.2. The number of halogens is 1. The van der Waals surface area contributed by atoms with Gasteiger partial charge in [0, 0.05) is 17.7 Å². The summed E-state index contributed by atoms with van der Waals surface area (Å²) in [5, 5.41) is 7.77. The number of amides is 1. The molecule has 32 heavy (non-hydrogen) atoms. The first-order chi connectivity index (χ1) is 15.2. The van der Waals surface area contributed by atoms with Crippen molar-refractivity contribution >= 4 is 21.7 Å². The molecule has 0 fully saturated rings. The maximum atomic E-state index is 13.0. The number of carbonyl (C=O) groups is 2. The van der Waals surface area contributed by atoms with E-state index in [1.54, 1.807) is 36.4 Å². The maximum absolute atomic E-state index is 13.0. The summed E-state index contributed by atoms with van der Waals surface area (Å²) in [6.07, 6.45) is 0.511. The molecule has 0 radical (unpaired) electrons. The van der Waals surface area contributed by atoms with Crippen LogP contribution in [-0.2, 0) is 21.2 Å². The van der Waals surface area contributed by atoms with Gasteiger partial charge in [-0.2, -0.15) is 0 Å². The van der Waals surface area contributed by atoms with Crippen LogP contribution < -0.4 is 15.2 Å². The number of carbonyl (C=O) groups excluding carboxylic acids is 2. The van der Waals surface area contributed by atoms with E-state index in [0.717, 1.165) is 5.56 Å². The van der Waals surface area contributed by atoms with E-state index in [9.17, 15) is 22.4 Å². The van der Waals surface area contributed by atoms with Gasteiger partial charge in [-0.1, -0.05) is 12.1 Å². The Hall–Kier alpha value is -3.56. The van der Waals surface area contributed by atoms with E-state index in [2.05, 4.69) is 5.32 Å². The zero-order valence-electron chi connectivity index (χ0n) is 17.0. The monoisotopic (exact) mass is 456 g/mol. The maximum Gasteiger partial charge on any atom is 0.257 e. The number of benzene rings is 3. The van der Waals surface area contributed by atoms with Gasteiger partial charge in [0.15, 0.2) is 12.4 Å². The van der Waals surface area contributed by atoms with Gasteiger partial charge in [-0.05, 0) is 72.6 Å². The van der Waals surface area contributed by atoms with Crippen LogP contribution in [0.2, 0.25) is 0 Å². The normalized spacial score (nSPS) is 11.1. The summed E-state index contributed by atoms with van der Waals surface area (Å²) in [7, 11) is -3.73. The number of sulfonamides is 1. The van der Waals surface area contributed by atoms with E-state index in [-0.39, 0.29) is 23.2 Å². The second-order valence-corrected chi connectivity index (χ2v) is 8.50. The number of hydrogen-bond acceptors (Lipinski definition) is 5. The number of primary sulfonamides is 1. The van der Waals surface area contributed by atoms with Gasteiger partial charge >= 0.3 is 0 Å². The van der Waals surface area contributed by atoms with Gasteiger partial charge in [0.1, 0.15) is 11.6 Å². The van der Waals surface area contributed by atoms with Crippen molar-refractivity contribution in [2.24, 2.45) is 5.14 Å². The zero-order valence-corrected chi connectivity index (χ0v) is 17.8. The number of nitrogens with one attached hydrogen (secondary N) is 1. The van der Waals surface area contributed by atoms with Crippen molar-refractivity contribution in [1.29, 1.82) is 0 Å². The van der Waals surface area contributed by atoms with Gasteiger partial charge < -0.3 is 10.1 Å². The van der Waals surface area contributed by atoms with Gasteiger partial charge in [-0.3, -0.25) is 9.59 Å². The highest BCUT2D eigenvalue weighted by Gasteiger charge is 2.10. The van der Waals surface area contributed by atoms with E-state index in [4.69, 9.17) is 9.88 Å². The Kier molecular flexibility index (Phi) is 7.34. The topological polar surface area (TPSA) is 116 Å². The Morgan fingerprint density at radius 1 is 0.875 bits per heavy atom. The third-order valence-electron chi connectivity index (χ3n) is 4.58. The lowest BCUT2D eigenvalue weighted by molar-refractivity contribution is -0.123. The molecule has 3 N–H and O–H groups in total. The quantitative estimate of drug-likeness (QED) is 0.480. The van der Waals surface area contributed by atoms with Gasteiger partial charge in [0.05, 0.1) is 4.90 Å². The predicted molar refractivity (Wildman–Crippen MR) is 116 cm³/mol. The van der Waals surface area contributed by atoms with Crippen LogP contribution in [-0.4, -0.2) is 33.3 Å². The Bertz CT molecular complexity index is 1190. The summed E-state index contributed by atoms with van der Waals surface area (Å²) >= 11 is 0. The fourth-order valence-corrected chi connectivity index (χ4v) is 3.38. The molecule has 0 aliphatic carbocycles. The van der Waals surface area contributed by atoms with Crippen LogP contribution in [0.25, 0.3) is 0 Å². The lowest BCUT2D eigenvalue weighted by atomic mass is 10.0. The summed E-state index contributed by atoms with van der Waals surface area (Å²) in [4.78, 5) is 24.4. The first-order valence-electron chi connectivity index (χ1n) is 9.64. The summed E-state index contributed by atoms with van der Waals surface area (Å²) in [5.41, 5.74) is 1.64. The average molecular weight is 456 g/mol. The number of ketones is 1. The summed E-state index contributed by atoms with van der Waals surface area (Å²) in [5.74, 6) is -0.554. The molecular formula is C23H21FN2O5S. The smallest absolute Gasteiger partial charge is 0.257 e. The molecule has 9 heteroatoms. The first kappa shape index (κ1) is 23.1. The standard InChI is InChI=1S/C23H21FN2O5S/c24-19-7-3-17(4-8-19)23(28)18-5-9-20(10-6-18)31-15-22(27)26-14-13-16-1-11-21(12-2-16)32(25,29)30/h1-12H,13-15H2,(H,26,27)(H2,25,29,30). The average Bonchev–Trinajstić information content (AvgIpc) is 2.78. The molecule has 7 nitrogen and oxygen atoms in total. The van der Waals surface area contributed by atoms with Gasteiger partial charge in [-0.15, -0.1) is 0 Å². The molecule has 3 rings (SSSR count). The summed E-state index contributed by atoms with van der Waals surface area (Å²) in [6, 6.07) is 17.7. The van der Waals surface area contributed by atoms with Gasteiger partial charge in [-0.25, -0.2) is 17.9 Å². The Balaban J connectivity index is 1.43. The van der Waals surface area contributed by atoms with Crippen molar-refractivity contribution in [3.05, 3.63) is 95.3 Å². The van der Waals surface area contributed by atoms with Crippen molar-refractivity contribution in [3.8, 4) is 5.75 Å². The van der Waals surface area contributed by atoms with Crippen LogP contribution in [0.15, 0.2) is 77.7 Å². The minimum atomic E-state index is -3.73. The third kappa shape index (κ3) is 6.47. The highest BCUT2D eigenvalue weighted by Crippen LogP contribution is 2.16. The second-order valence-electron chi connectivity index (χ2n) is 6.94. The molecule has 0 saturated heterocycles. The van der Waals surface area contributed by atoms with Crippen molar-refractivity contribution in [3.63, 3.8) is 0 Å². The fourth-order valence-electron chi connectivity index (χ4n) is 2.86. The Morgan fingerprint density at radius 2 is 1.44 bits per heavy atom. The lowest BCUT2D eigenvalue weighted by Crippen LogP contribution is -2.30. The molecule has 166 valence electrons. The van der Waals surface area contributed by atoms with Crippen LogP contribution >= 0.6 is 0 Å². The summed E-state index contributed by atoms with van der Waals surface area (Å²) < 4.78 is 40.9. The molecule has 0 heterocycles. The number of rotatable bonds is 9. The number of nitrogens with two attached hydrogens (primary N) is 1. The number of ether oxygens (including phenoxy) is 1. The minimum absolute atomic E-state index is 0.0315. The molecule has 0 aromatic heterocycles. The Morgan fingerprint density at radius 3 is 2.00 bits per heavy atom. The highest BCUT2D eigenvalue weighted by molar-refractivity contribution is 7.89. The zero-order chi connectivity index (χ0) is 23.1. The van der Waals surface area contributed by atoms with E-state index >= 15 is 0 Å². The van der Waals surface area contributed by atoms with Crippen LogP contribution in [0.3, 0.4) is 0 Å². The van der Waals surface area contributed by atoms with Crippen molar-refractivity contribution in [2.45, 2.75) is 11.3 Å². The molecule has 0 unspecified atom stereocenters. The first-order valence-corrected chi connectivity index (χ1v) is 11.2. The fraction of sp³-hybridized carbons (Fsp3) is 0.130. The van der Waals surface area contributed by atoms with Crippen molar-refractivity contribution in [1.82, 2.24) is 5.32 Å². The molecule has 3 aromatic rings. The van der Waals surface area contributed by atoms with E-state index in [1.165, 1.54) is 36.4 Å². The molecule has 0 spiro atoms. The predicted octanol–water partition coefficient (Wildman–Crippen LogP) is 2.44. The largest absolute Gasteiger partial charge is 0.484 e. The van der Waals surface area contributed by atoms with Gasteiger partial charge in [0.25, 0.3) is 5.91 Å². The Labute approximate surface area is 185 Å². The van der Waals surface area contributed by atoms with Gasteiger partial charge in [0.2, 0.25) is 10.0 Å². The molecule has 0 bridgehead atoms. The van der Waals surface area contributed by atoms with Crippen molar-refractivity contribution in [2.75, 3.05) is 13.2 Å². The molecule has 1 amide bonds. The molecule has 3 aromatic carbocycles. The van der Waals surface area contributed by atoms with E-state index in [1.807, 2.05) is 0 Å². The third-order valence-corrected chi connectivity index (χ3v) is 5.51. The van der Waals surface area contributed by atoms with Crippen LogP contribution in [0, 0.1) is 5.82 Å². The van der Waals surface area contributed by atoms with E-state index < -0.39 is 15.8 Å². The van der Waals surface area contributed by atoms with E-state index in [0.29, 0.717) is 29.8 Å². The molecular weight excluding hydrogens is 435 g/mol. The molecule has 0 atom stereocenters. The SMILES string of the molecule is NS(=O)(=O)c1ccc(CCNC(=O)COc2ccc(C(=O)c3ccc(F)cc3)cc2)cc1. The van der Waals surface area contributed by atoms with Crippen LogP contribution in [0.4, 0.5) is 4.39 Å². The lowest BCUT2D eigenvalue weighted by Gasteiger charge is -2.09. The van der Waals surface area contributed by atoms with Crippen LogP contribution in [0.5, 0.6) is 5.75 Å². The van der Waals surface area contributed by atoms with Crippen molar-refractivity contribution < 1.29 is 27.1 Å². The minimum Gasteiger partial charge on any atom is -0.484 e. The van der Waals surface area contributed by atoms with Crippen LogP contribution in [0.1, 0.15) is 21.5 Å². The number of hydrogen-bond donors (Lipinski definition) is 2. The molecule has 0 aliphatic heterocycles. The summed E-state index contributed by atoms with van der Waals surface area (Å²) in [6.45, 7) is 0.150. The molecule has 0 saturated carbocycles. The molecule has 0 aliphatic rings.